The van der Waals surface area contributed by atoms with E-state index in [0.717, 1.165) is 15.6 Å². The second-order valence-electron chi connectivity index (χ2n) is 8.15. The molecule has 3 rings (SSSR count). The minimum Gasteiger partial charge on any atom is -0.465 e. The minimum absolute atomic E-state index is 0.0891. The summed E-state index contributed by atoms with van der Waals surface area (Å²) in [5, 5.41) is 24.8. The molecule has 0 fully saturated rings. The van der Waals surface area contributed by atoms with Crippen LogP contribution in [0.2, 0.25) is 0 Å². The summed E-state index contributed by atoms with van der Waals surface area (Å²) < 4.78 is 0.841. The fourth-order valence-corrected chi connectivity index (χ4v) is 3.56. The van der Waals surface area contributed by atoms with Crippen LogP contribution in [-0.4, -0.2) is 31.5 Å². The van der Waals surface area contributed by atoms with E-state index in [0.29, 0.717) is 23.1 Å². The number of carbonyl (C=O) groups is 1. The first-order chi connectivity index (χ1) is 14.6. The van der Waals surface area contributed by atoms with Gasteiger partial charge in [0.15, 0.2) is 0 Å². The standard InChI is InChI=1S/C22H23BrN4O4/c1-22(2,3)26(21(28)29)13-15-6-4-14(5-7-15)11-25-20-17-9-8-16(23)10-18(17)24-12-19(20)27(30)31/h4-10,12H,11,13H2,1-3H3,(H,24,25)(H,28,29). The Morgan fingerprint density at radius 1 is 1.19 bits per heavy atom. The summed E-state index contributed by atoms with van der Waals surface area (Å²) in [5.74, 6) is 0. The Morgan fingerprint density at radius 3 is 2.42 bits per heavy atom. The number of amides is 1. The van der Waals surface area contributed by atoms with Gasteiger partial charge in [0.05, 0.1) is 10.4 Å². The maximum Gasteiger partial charge on any atom is 0.408 e. The molecular formula is C22H23BrN4O4. The number of nitrogens with zero attached hydrogens (tertiary/aromatic N) is 3. The van der Waals surface area contributed by atoms with Gasteiger partial charge in [0, 0.05) is 28.5 Å². The van der Waals surface area contributed by atoms with Crippen molar-refractivity contribution in [1.29, 1.82) is 0 Å². The van der Waals surface area contributed by atoms with Crippen LogP contribution in [0.1, 0.15) is 31.9 Å². The predicted molar refractivity (Wildman–Crippen MR) is 123 cm³/mol. The van der Waals surface area contributed by atoms with Crippen molar-refractivity contribution in [2.24, 2.45) is 0 Å². The molecule has 9 heteroatoms. The van der Waals surface area contributed by atoms with Gasteiger partial charge in [-0.15, -0.1) is 0 Å². The number of nitro groups is 1. The van der Waals surface area contributed by atoms with Gasteiger partial charge >= 0.3 is 11.8 Å². The molecule has 0 aliphatic rings. The molecule has 1 heterocycles. The molecule has 2 N–H and O–H groups in total. The Bertz CT molecular complexity index is 1130. The smallest absolute Gasteiger partial charge is 0.408 e. The summed E-state index contributed by atoms with van der Waals surface area (Å²) in [6, 6.07) is 12.9. The van der Waals surface area contributed by atoms with Crippen molar-refractivity contribution >= 4 is 44.3 Å². The van der Waals surface area contributed by atoms with E-state index in [9.17, 15) is 20.0 Å². The van der Waals surface area contributed by atoms with Crippen LogP contribution in [0, 0.1) is 10.1 Å². The number of hydrogen-bond donors (Lipinski definition) is 2. The summed E-state index contributed by atoms with van der Waals surface area (Å²) in [6.45, 7) is 6.21. The lowest BCUT2D eigenvalue weighted by Crippen LogP contribution is -2.44. The highest BCUT2D eigenvalue weighted by molar-refractivity contribution is 9.10. The Balaban J connectivity index is 1.80. The highest BCUT2D eigenvalue weighted by Crippen LogP contribution is 2.33. The number of carboxylic acid groups (broad SMARTS) is 1. The van der Waals surface area contributed by atoms with Crippen LogP contribution >= 0.6 is 15.9 Å². The van der Waals surface area contributed by atoms with E-state index < -0.39 is 16.6 Å². The summed E-state index contributed by atoms with van der Waals surface area (Å²) in [7, 11) is 0. The Hall–Kier alpha value is -3.20. The molecule has 1 amide bonds. The quantitative estimate of drug-likeness (QED) is 0.336. The maximum atomic E-state index is 11.5. The van der Waals surface area contributed by atoms with Gasteiger partial charge in [0.1, 0.15) is 11.9 Å². The van der Waals surface area contributed by atoms with E-state index in [4.69, 9.17) is 0 Å². The summed E-state index contributed by atoms with van der Waals surface area (Å²) in [6.07, 6.45) is 0.287. The van der Waals surface area contributed by atoms with Gasteiger partial charge < -0.3 is 10.4 Å². The Kier molecular flexibility index (Phi) is 6.45. The first kappa shape index (κ1) is 22.5. The van der Waals surface area contributed by atoms with Gasteiger partial charge in [-0.25, -0.2) is 9.78 Å². The molecule has 162 valence electrons. The Morgan fingerprint density at radius 2 is 1.84 bits per heavy atom. The number of halogens is 1. The molecule has 0 unspecified atom stereocenters. The minimum atomic E-state index is -0.971. The largest absolute Gasteiger partial charge is 0.465 e. The molecule has 0 atom stereocenters. The van der Waals surface area contributed by atoms with Gasteiger partial charge in [-0.2, -0.15) is 0 Å². The molecule has 8 nitrogen and oxygen atoms in total. The Labute approximate surface area is 188 Å². The summed E-state index contributed by atoms with van der Waals surface area (Å²) in [4.78, 5) is 28.2. The number of hydrogen-bond acceptors (Lipinski definition) is 5. The monoisotopic (exact) mass is 486 g/mol. The number of rotatable bonds is 6. The van der Waals surface area contributed by atoms with Gasteiger partial charge in [0.2, 0.25) is 0 Å². The van der Waals surface area contributed by atoms with Crippen LogP contribution in [-0.2, 0) is 13.1 Å². The van der Waals surface area contributed by atoms with Gasteiger partial charge in [-0.1, -0.05) is 40.2 Å². The van der Waals surface area contributed by atoms with E-state index in [-0.39, 0.29) is 12.2 Å². The summed E-state index contributed by atoms with van der Waals surface area (Å²) >= 11 is 3.39. The first-order valence-electron chi connectivity index (χ1n) is 9.61. The average Bonchev–Trinajstić information content (AvgIpc) is 2.69. The van der Waals surface area contributed by atoms with Crippen molar-refractivity contribution in [3.8, 4) is 0 Å². The van der Waals surface area contributed by atoms with Gasteiger partial charge in [-0.05, 0) is 50.1 Å². The van der Waals surface area contributed by atoms with Crippen molar-refractivity contribution in [2.45, 2.75) is 39.4 Å². The molecule has 2 aromatic carbocycles. The third-order valence-corrected chi connectivity index (χ3v) is 5.37. The van der Waals surface area contributed by atoms with Crippen molar-refractivity contribution in [3.05, 3.63) is 74.4 Å². The van der Waals surface area contributed by atoms with Crippen molar-refractivity contribution in [3.63, 3.8) is 0 Å². The zero-order valence-corrected chi connectivity index (χ0v) is 19.0. The van der Waals surface area contributed by atoms with Gasteiger partial charge in [0.25, 0.3) is 0 Å². The molecule has 0 bridgehead atoms. The van der Waals surface area contributed by atoms with Crippen LogP contribution in [0.5, 0.6) is 0 Å². The van der Waals surface area contributed by atoms with Crippen LogP contribution in [0.3, 0.4) is 0 Å². The maximum absolute atomic E-state index is 11.5. The van der Waals surface area contributed by atoms with Crippen molar-refractivity contribution in [1.82, 2.24) is 9.88 Å². The number of benzene rings is 2. The zero-order chi connectivity index (χ0) is 22.8. The third kappa shape index (κ3) is 5.29. The van der Waals surface area contributed by atoms with E-state index in [1.807, 2.05) is 57.2 Å². The number of fused-ring (bicyclic) bond motifs is 1. The topological polar surface area (TPSA) is 109 Å². The molecule has 1 aromatic heterocycles. The molecule has 0 spiro atoms. The fraction of sp³-hybridized carbons (Fsp3) is 0.273. The molecule has 0 radical (unpaired) electrons. The second-order valence-corrected chi connectivity index (χ2v) is 9.06. The number of pyridine rings is 1. The van der Waals surface area contributed by atoms with E-state index >= 15 is 0 Å². The zero-order valence-electron chi connectivity index (χ0n) is 17.4. The highest BCUT2D eigenvalue weighted by Gasteiger charge is 2.26. The molecule has 0 aliphatic heterocycles. The van der Waals surface area contributed by atoms with Crippen molar-refractivity contribution < 1.29 is 14.8 Å². The van der Waals surface area contributed by atoms with Crippen LogP contribution in [0.4, 0.5) is 16.2 Å². The molecule has 3 aromatic rings. The van der Waals surface area contributed by atoms with Crippen molar-refractivity contribution in [2.75, 3.05) is 5.32 Å². The van der Waals surface area contributed by atoms with Crippen LogP contribution in [0.15, 0.2) is 53.1 Å². The second kappa shape index (κ2) is 8.89. The molecule has 0 saturated carbocycles. The SMILES string of the molecule is CC(C)(C)N(Cc1ccc(CNc2c([N+](=O)[O-])cnc3cc(Br)ccc23)cc1)C(=O)O. The van der Waals surface area contributed by atoms with E-state index in [2.05, 4.69) is 26.2 Å². The fourth-order valence-electron chi connectivity index (χ4n) is 3.21. The molecule has 0 saturated heterocycles. The lowest BCUT2D eigenvalue weighted by Gasteiger charge is -2.33. The number of anilines is 1. The summed E-state index contributed by atoms with van der Waals surface area (Å²) in [5.41, 5.74) is 2.24. The lowest BCUT2D eigenvalue weighted by molar-refractivity contribution is -0.384. The van der Waals surface area contributed by atoms with E-state index in [1.165, 1.54) is 11.1 Å². The van der Waals surface area contributed by atoms with Crippen LogP contribution in [0.25, 0.3) is 10.9 Å². The first-order valence-corrected chi connectivity index (χ1v) is 10.4. The third-order valence-electron chi connectivity index (χ3n) is 4.88. The lowest BCUT2D eigenvalue weighted by atomic mass is 10.0. The molecular weight excluding hydrogens is 464 g/mol. The predicted octanol–water partition coefficient (Wildman–Crippen LogP) is 5.80. The molecule has 31 heavy (non-hydrogen) atoms. The van der Waals surface area contributed by atoms with E-state index in [1.54, 1.807) is 6.07 Å². The molecule has 0 aliphatic carbocycles. The van der Waals surface area contributed by atoms with Gasteiger partial charge in [-0.3, -0.25) is 15.0 Å². The average molecular weight is 487 g/mol. The normalized spacial score (nSPS) is 11.4. The number of aromatic nitrogens is 1. The van der Waals surface area contributed by atoms with Crippen LogP contribution < -0.4 is 5.32 Å². The highest BCUT2D eigenvalue weighted by atomic mass is 79.9. The number of nitrogens with one attached hydrogen (secondary N) is 1.